The van der Waals surface area contributed by atoms with Crippen LogP contribution in [-0.4, -0.2) is 0 Å². The van der Waals surface area contributed by atoms with Crippen LogP contribution in [0.4, 0.5) is 0 Å². The van der Waals surface area contributed by atoms with Crippen molar-refractivity contribution in [3.05, 3.63) is 53.4 Å². The van der Waals surface area contributed by atoms with Gasteiger partial charge in [0.25, 0.3) is 8.03 Å². The molecule has 2 unspecified atom stereocenters. The molecule has 1 aliphatic rings. The van der Waals surface area contributed by atoms with Crippen LogP contribution in [-0.2, 0) is 30.8 Å². The van der Waals surface area contributed by atoms with Gasteiger partial charge in [0.2, 0.25) is 0 Å². The van der Waals surface area contributed by atoms with E-state index in [0.717, 1.165) is 24.0 Å². The number of benzene rings is 1. The fourth-order valence-electron chi connectivity index (χ4n) is 2.03. The van der Waals surface area contributed by atoms with E-state index in [9.17, 15) is 9.46 Å². The fraction of sp³-hybridized carbons (Fsp3) is 0.286. The molecular formula is C14H16Cl2O2PZr-. The molecule has 0 fully saturated rings. The third kappa shape index (κ3) is 5.54. The molecule has 0 heterocycles. The molecule has 2 rings (SSSR count). The van der Waals surface area contributed by atoms with Crippen LogP contribution in [0.25, 0.3) is 5.57 Å². The van der Waals surface area contributed by atoms with Crippen molar-refractivity contribution in [1.82, 2.24) is 0 Å². The quantitative estimate of drug-likeness (QED) is 0.554. The molecule has 0 radical (unpaired) electrons. The number of hydrogen-bond donors (Lipinski definition) is 0. The molecule has 0 aromatic heterocycles. The molecule has 1 aromatic rings. The summed E-state index contributed by atoms with van der Waals surface area (Å²) in [6.07, 6.45) is 7.07. The van der Waals surface area contributed by atoms with Crippen molar-refractivity contribution in [3.63, 3.8) is 0 Å². The second-order valence-corrected chi connectivity index (χ2v) is 5.09. The Bertz CT molecular complexity index is 489. The first-order valence-corrected chi connectivity index (χ1v) is 6.95. The first kappa shape index (κ1) is 22.5. The maximum atomic E-state index is 11.2. The normalized spacial score (nSPS) is 16.9. The summed E-state index contributed by atoms with van der Waals surface area (Å²) < 4.78 is 11.2. The van der Waals surface area contributed by atoms with Crippen molar-refractivity contribution in [2.75, 3.05) is 0 Å². The molecule has 0 bridgehead atoms. The van der Waals surface area contributed by atoms with Gasteiger partial charge in [-0.25, -0.2) is 0 Å². The van der Waals surface area contributed by atoms with Gasteiger partial charge in [0.05, 0.1) is 5.31 Å². The van der Waals surface area contributed by atoms with E-state index in [1.54, 1.807) is 0 Å². The Labute approximate surface area is 152 Å². The first-order chi connectivity index (χ1) is 8.22. The van der Waals surface area contributed by atoms with Gasteiger partial charge in [0.15, 0.2) is 0 Å². The van der Waals surface area contributed by atoms with E-state index in [4.69, 9.17) is 0 Å². The summed E-state index contributed by atoms with van der Waals surface area (Å²) in [7, 11) is -2.54. The largest absolute Gasteiger partial charge is 0.601 e. The second-order valence-electron chi connectivity index (χ2n) is 4.09. The van der Waals surface area contributed by atoms with Crippen LogP contribution in [0.5, 0.6) is 0 Å². The predicted octanol–water partition coefficient (Wildman–Crippen LogP) is 4.13. The van der Waals surface area contributed by atoms with E-state index in [1.165, 1.54) is 0 Å². The van der Waals surface area contributed by atoms with Gasteiger partial charge in [-0.2, -0.15) is 6.08 Å². The summed E-state index contributed by atoms with van der Waals surface area (Å²) in [5, 5.41) is 0.421. The zero-order chi connectivity index (χ0) is 12.3. The minimum atomic E-state index is -2.54. The zero-order valence-electron chi connectivity index (χ0n) is 11.0. The van der Waals surface area contributed by atoms with Gasteiger partial charge in [0.1, 0.15) is 0 Å². The van der Waals surface area contributed by atoms with Crippen LogP contribution >= 0.6 is 32.8 Å². The molecule has 0 N–H and O–H groups in total. The maximum Gasteiger partial charge on any atom is 0.287 e. The molecule has 2 atom stereocenters. The third-order valence-electron chi connectivity index (χ3n) is 2.80. The van der Waals surface area contributed by atoms with E-state index in [1.807, 2.05) is 36.4 Å². The van der Waals surface area contributed by atoms with Gasteiger partial charge in [-0.15, -0.1) is 48.1 Å². The van der Waals surface area contributed by atoms with Crippen LogP contribution in [0.1, 0.15) is 25.3 Å². The van der Waals surface area contributed by atoms with Gasteiger partial charge in [-0.1, -0.05) is 54.5 Å². The number of halogens is 2. The minimum Gasteiger partial charge on any atom is -0.601 e. The summed E-state index contributed by atoms with van der Waals surface area (Å²) in [6.45, 7) is 2.09. The molecule has 1 aliphatic carbocycles. The SMILES string of the molecule is CCCC1[C-]=C(c2ccccc2)C([P+](=O)[O-])=C1.Cl.Cl.[Zr]. The summed E-state index contributed by atoms with van der Waals surface area (Å²) >= 11 is 0. The topological polar surface area (TPSA) is 40.1 Å². The van der Waals surface area contributed by atoms with Gasteiger partial charge in [-0.05, 0) is 0 Å². The average molecular weight is 409 g/mol. The Balaban J connectivity index is 0. The Kier molecular flexibility index (Phi) is 12.2. The van der Waals surface area contributed by atoms with Crippen LogP contribution in [0.3, 0.4) is 0 Å². The standard InChI is InChI=1S/C14H14O2P.2ClH.Zr/c1-2-6-11-9-13(14(10-11)17(15)16)12-7-4-3-5-8-12;;;/h3-5,7-8,10-11H,2,6H2,1H3;2*1H;/q-1;;;. The smallest absolute Gasteiger partial charge is 0.287 e. The Morgan fingerprint density at radius 2 is 1.85 bits per heavy atom. The van der Waals surface area contributed by atoms with Crippen LogP contribution in [0.2, 0.25) is 0 Å². The Morgan fingerprint density at radius 1 is 1.25 bits per heavy atom. The zero-order valence-corrected chi connectivity index (χ0v) is 16.0. The number of hydrogen-bond acceptors (Lipinski definition) is 2. The molecule has 108 valence electrons. The number of rotatable bonds is 4. The van der Waals surface area contributed by atoms with Crippen molar-refractivity contribution in [2.45, 2.75) is 19.8 Å². The molecule has 0 amide bonds. The van der Waals surface area contributed by atoms with Crippen LogP contribution in [0, 0.1) is 12.0 Å². The monoisotopic (exact) mass is 407 g/mol. The van der Waals surface area contributed by atoms with Crippen molar-refractivity contribution in [1.29, 1.82) is 0 Å². The fourth-order valence-corrected chi connectivity index (χ4v) is 2.71. The summed E-state index contributed by atoms with van der Waals surface area (Å²) in [6, 6.07) is 9.58. The van der Waals surface area contributed by atoms with Crippen molar-refractivity contribution < 1.29 is 35.7 Å². The molecule has 0 saturated heterocycles. The van der Waals surface area contributed by atoms with E-state index >= 15 is 0 Å². The van der Waals surface area contributed by atoms with Crippen LogP contribution in [0.15, 0.2) is 41.7 Å². The first-order valence-electron chi connectivity index (χ1n) is 5.78. The molecule has 0 saturated carbocycles. The predicted molar refractivity (Wildman–Crippen MR) is 81.7 cm³/mol. The summed E-state index contributed by atoms with van der Waals surface area (Å²) in [5.74, 6) is 0.137. The summed E-state index contributed by atoms with van der Waals surface area (Å²) in [5.41, 5.74) is 1.66. The van der Waals surface area contributed by atoms with E-state index < -0.39 is 8.03 Å². The molecule has 2 nitrogen and oxygen atoms in total. The maximum absolute atomic E-state index is 11.2. The van der Waals surface area contributed by atoms with Crippen LogP contribution < -0.4 is 4.89 Å². The number of allylic oxidation sites excluding steroid dienone is 4. The van der Waals surface area contributed by atoms with Crippen molar-refractivity contribution >= 4 is 38.4 Å². The van der Waals surface area contributed by atoms with Gasteiger partial charge in [0, 0.05) is 26.2 Å². The average Bonchev–Trinajstić information content (AvgIpc) is 2.75. The molecule has 6 heteroatoms. The Morgan fingerprint density at radius 3 is 2.35 bits per heavy atom. The molecule has 20 heavy (non-hydrogen) atoms. The van der Waals surface area contributed by atoms with E-state index in [2.05, 4.69) is 13.0 Å². The molecular weight excluding hydrogens is 393 g/mol. The van der Waals surface area contributed by atoms with Gasteiger partial charge in [-0.3, -0.25) is 0 Å². The molecule has 0 aliphatic heterocycles. The van der Waals surface area contributed by atoms with E-state index in [0.29, 0.717) is 5.31 Å². The van der Waals surface area contributed by atoms with E-state index in [-0.39, 0.29) is 56.9 Å². The van der Waals surface area contributed by atoms with Crippen molar-refractivity contribution in [3.8, 4) is 0 Å². The second kappa shape index (κ2) is 10.9. The van der Waals surface area contributed by atoms with Gasteiger partial charge >= 0.3 is 0 Å². The molecule has 1 aromatic carbocycles. The Hall–Kier alpha value is 0.223. The van der Waals surface area contributed by atoms with Crippen molar-refractivity contribution in [2.24, 2.45) is 5.92 Å². The minimum absolute atomic E-state index is 0. The molecule has 0 spiro atoms. The third-order valence-corrected chi connectivity index (χ3v) is 3.57. The summed E-state index contributed by atoms with van der Waals surface area (Å²) in [4.78, 5) is 11.2. The van der Waals surface area contributed by atoms with Gasteiger partial charge < -0.3 is 4.89 Å².